The minimum absolute atomic E-state index is 0.136. The number of nitrogens with one attached hydrogen (secondary N) is 1. The molecule has 1 atom stereocenters. The van der Waals surface area contributed by atoms with Crippen molar-refractivity contribution in [3.8, 4) is 0 Å². The van der Waals surface area contributed by atoms with E-state index in [0.29, 0.717) is 36.3 Å². The maximum absolute atomic E-state index is 13.2. The van der Waals surface area contributed by atoms with Gasteiger partial charge in [0.05, 0.1) is 6.67 Å². The number of sulfonamides is 1. The van der Waals surface area contributed by atoms with Gasteiger partial charge in [0.15, 0.2) is 0 Å². The third-order valence-corrected chi connectivity index (χ3v) is 9.46. The van der Waals surface area contributed by atoms with Crippen LogP contribution in [0.5, 0.6) is 0 Å². The molecule has 32 heavy (non-hydrogen) atoms. The van der Waals surface area contributed by atoms with E-state index in [1.165, 1.54) is 26.1 Å². The van der Waals surface area contributed by atoms with Crippen LogP contribution in [-0.2, 0) is 20.4 Å². The number of carbonyl (C=O) groups is 2. The number of carbonyl (C=O) groups excluding carboxylic acids is 2. The molecule has 2 aliphatic rings. The van der Waals surface area contributed by atoms with Gasteiger partial charge in [-0.2, -0.15) is 4.31 Å². The van der Waals surface area contributed by atoms with Gasteiger partial charge in [-0.3, -0.25) is 9.69 Å². The quantitative estimate of drug-likeness (QED) is 0.648. The van der Waals surface area contributed by atoms with Crippen molar-refractivity contribution >= 4 is 33.3 Å². The number of piperazine rings is 1. The first-order valence-corrected chi connectivity index (χ1v) is 13.0. The highest BCUT2D eigenvalue weighted by molar-refractivity contribution is 7.91. The molecule has 3 amide bonds. The molecule has 1 N–H and O–H groups in total. The molecule has 0 radical (unpaired) electrons. The van der Waals surface area contributed by atoms with E-state index in [9.17, 15) is 18.0 Å². The van der Waals surface area contributed by atoms with Crippen LogP contribution in [0.4, 0.5) is 4.79 Å². The van der Waals surface area contributed by atoms with Gasteiger partial charge in [0.2, 0.25) is 0 Å². The Morgan fingerprint density at radius 2 is 1.72 bits per heavy atom. The summed E-state index contributed by atoms with van der Waals surface area (Å²) in [4.78, 5) is 29.0. The van der Waals surface area contributed by atoms with E-state index in [0.717, 1.165) is 5.56 Å². The number of nitrogens with zero attached hydrogens (tertiary/aromatic N) is 3. The first-order valence-electron chi connectivity index (χ1n) is 10.6. The molecule has 3 heterocycles. The summed E-state index contributed by atoms with van der Waals surface area (Å²) in [5.41, 5.74) is 0.799. The van der Waals surface area contributed by atoms with Crippen LogP contribution in [0.25, 0.3) is 0 Å². The number of imide groups is 1. The van der Waals surface area contributed by atoms with Gasteiger partial charge in [-0.05, 0) is 35.4 Å². The monoisotopic (exact) mass is 476 g/mol. The summed E-state index contributed by atoms with van der Waals surface area (Å²) >= 11 is 1.20. The predicted molar refractivity (Wildman–Crippen MR) is 123 cm³/mol. The minimum atomic E-state index is -3.49. The van der Waals surface area contributed by atoms with Gasteiger partial charge >= 0.3 is 6.03 Å². The standard InChI is InChI=1S/C22H28N4O4S2/c1-16(2)17-6-8-18(9-7-17)22(3)20(27)26(21(28)23-22)15-24-10-12-25(13-11-24)32(29,30)19-5-4-14-31-19/h4-9,14,16H,10-13,15H2,1-3H3,(H,23,28)/t22-/m0/s1. The summed E-state index contributed by atoms with van der Waals surface area (Å²) in [5.74, 6) is 0.0814. The molecule has 2 aliphatic heterocycles. The Bertz CT molecular complexity index is 1090. The molecule has 0 spiro atoms. The van der Waals surface area contributed by atoms with E-state index in [-0.39, 0.29) is 12.6 Å². The van der Waals surface area contributed by atoms with Gasteiger partial charge in [0.1, 0.15) is 9.75 Å². The molecule has 172 valence electrons. The summed E-state index contributed by atoms with van der Waals surface area (Å²) in [6.45, 7) is 7.59. The van der Waals surface area contributed by atoms with Crippen LogP contribution < -0.4 is 5.32 Å². The molecule has 2 aromatic rings. The van der Waals surface area contributed by atoms with Crippen LogP contribution in [0.1, 0.15) is 37.8 Å². The van der Waals surface area contributed by atoms with E-state index in [1.807, 2.05) is 29.2 Å². The molecule has 0 unspecified atom stereocenters. The average Bonchev–Trinajstić information content (AvgIpc) is 3.39. The topological polar surface area (TPSA) is 90.0 Å². The number of amides is 3. The largest absolute Gasteiger partial charge is 0.326 e. The maximum atomic E-state index is 13.2. The number of thiophene rings is 1. The number of rotatable bonds is 6. The second-order valence-corrected chi connectivity index (χ2v) is 11.8. The number of hydrogen-bond donors (Lipinski definition) is 1. The Labute approximate surface area is 192 Å². The molecule has 1 aromatic heterocycles. The molecular formula is C22H28N4O4S2. The van der Waals surface area contributed by atoms with Crippen molar-refractivity contribution in [3.63, 3.8) is 0 Å². The third-order valence-electron chi connectivity index (χ3n) is 6.19. The zero-order chi connectivity index (χ0) is 23.1. The average molecular weight is 477 g/mol. The summed E-state index contributed by atoms with van der Waals surface area (Å²) in [6, 6.07) is 10.7. The van der Waals surface area contributed by atoms with E-state index in [4.69, 9.17) is 0 Å². The van der Waals surface area contributed by atoms with Crippen LogP contribution in [0.15, 0.2) is 46.0 Å². The molecule has 4 rings (SSSR count). The zero-order valence-corrected chi connectivity index (χ0v) is 20.1. The first kappa shape index (κ1) is 22.9. The lowest BCUT2D eigenvalue weighted by atomic mass is 9.90. The number of benzene rings is 1. The molecular weight excluding hydrogens is 448 g/mol. The summed E-state index contributed by atoms with van der Waals surface area (Å²) < 4.78 is 27.2. The Morgan fingerprint density at radius 1 is 1.06 bits per heavy atom. The van der Waals surface area contributed by atoms with Crippen LogP contribution in [0.3, 0.4) is 0 Å². The van der Waals surface area contributed by atoms with Gasteiger partial charge in [0.25, 0.3) is 15.9 Å². The predicted octanol–water partition coefficient (Wildman–Crippen LogP) is 2.60. The summed E-state index contributed by atoms with van der Waals surface area (Å²) in [6.07, 6.45) is 0. The highest BCUT2D eigenvalue weighted by Crippen LogP contribution is 2.30. The molecule has 2 fully saturated rings. The zero-order valence-electron chi connectivity index (χ0n) is 18.4. The maximum Gasteiger partial charge on any atom is 0.326 e. The molecule has 10 heteroatoms. The van der Waals surface area contributed by atoms with Crippen molar-refractivity contribution in [1.29, 1.82) is 0 Å². The van der Waals surface area contributed by atoms with Crippen molar-refractivity contribution in [2.45, 2.75) is 36.4 Å². The molecule has 0 aliphatic carbocycles. The number of urea groups is 1. The lowest BCUT2D eigenvalue weighted by Crippen LogP contribution is -2.52. The normalized spacial score (nSPS) is 23.2. The number of hydrogen-bond acceptors (Lipinski definition) is 6. The second kappa shape index (κ2) is 8.58. The summed E-state index contributed by atoms with van der Waals surface area (Å²) in [5, 5.41) is 4.59. The van der Waals surface area contributed by atoms with Crippen molar-refractivity contribution < 1.29 is 18.0 Å². The highest BCUT2D eigenvalue weighted by Gasteiger charge is 2.49. The Hall–Kier alpha value is -2.27. The van der Waals surface area contributed by atoms with Crippen molar-refractivity contribution in [1.82, 2.24) is 19.4 Å². The highest BCUT2D eigenvalue weighted by atomic mass is 32.2. The molecule has 1 aromatic carbocycles. The van der Waals surface area contributed by atoms with Gasteiger partial charge in [-0.15, -0.1) is 11.3 Å². The lowest BCUT2D eigenvalue weighted by molar-refractivity contribution is -0.132. The summed E-state index contributed by atoms with van der Waals surface area (Å²) in [7, 11) is -3.49. The molecule has 2 saturated heterocycles. The van der Waals surface area contributed by atoms with Crippen LogP contribution in [0.2, 0.25) is 0 Å². The van der Waals surface area contributed by atoms with Crippen molar-refractivity contribution in [3.05, 3.63) is 52.9 Å². The minimum Gasteiger partial charge on any atom is -0.319 e. The van der Waals surface area contributed by atoms with Crippen molar-refractivity contribution in [2.75, 3.05) is 32.8 Å². The van der Waals surface area contributed by atoms with Crippen LogP contribution in [-0.4, -0.2) is 67.3 Å². The fraction of sp³-hybridized carbons (Fsp3) is 0.455. The van der Waals surface area contributed by atoms with Crippen LogP contribution >= 0.6 is 11.3 Å². The Kier molecular flexibility index (Phi) is 6.15. The van der Waals surface area contributed by atoms with E-state index < -0.39 is 21.6 Å². The van der Waals surface area contributed by atoms with Gasteiger partial charge in [-0.1, -0.05) is 44.2 Å². The van der Waals surface area contributed by atoms with E-state index >= 15 is 0 Å². The Balaban J connectivity index is 1.41. The molecule has 8 nitrogen and oxygen atoms in total. The third kappa shape index (κ3) is 4.07. The lowest BCUT2D eigenvalue weighted by Gasteiger charge is -2.35. The molecule has 0 saturated carbocycles. The first-order chi connectivity index (χ1) is 15.1. The molecule has 0 bridgehead atoms. The fourth-order valence-corrected chi connectivity index (χ4v) is 6.64. The van der Waals surface area contributed by atoms with Gasteiger partial charge in [-0.25, -0.2) is 18.1 Å². The van der Waals surface area contributed by atoms with E-state index in [1.54, 1.807) is 24.4 Å². The van der Waals surface area contributed by atoms with Gasteiger partial charge in [0, 0.05) is 26.2 Å². The second-order valence-electron chi connectivity index (χ2n) is 8.66. The SMILES string of the molecule is CC(C)c1ccc([C@]2(C)NC(=O)N(CN3CCN(S(=O)(=O)c4cccs4)CC3)C2=O)cc1. The fourth-order valence-electron chi connectivity index (χ4n) is 4.07. The smallest absolute Gasteiger partial charge is 0.319 e. The van der Waals surface area contributed by atoms with Crippen LogP contribution in [0, 0.1) is 0 Å². The van der Waals surface area contributed by atoms with Gasteiger partial charge < -0.3 is 5.32 Å². The van der Waals surface area contributed by atoms with Crippen molar-refractivity contribution in [2.24, 2.45) is 0 Å². The van der Waals surface area contributed by atoms with E-state index in [2.05, 4.69) is 19.2 Å². The Morgan fingerprint density at radius 3 is 2.28 bits per heavy atom.